The molecule has 1 heterocycles. The number of hydrogen-bond acceptors (Lipinski definition) is 6. The molecule has 3 rings (SSSR count). The second kappa shape index (κ2) is 11.3. The van der Waals surface area contributed by atoms with Crippen LogP contribution in [0.3, 0.4) is 0 Å². The van der Waals surface area contributed by atoms with Gasteiger partial charge in [0.25, 0.3) is 0 Å². The van der Waals surface area contributed by atoms with Gasteiger partial charge >= 0.3 is 12.1 Å². The van der Waals surface area contributed by atoms with E-state index >= 15 is 0 Å². The number of nitrogens with zero attached hydrogens (tertiary/aromatic N) is 1. The van der Waals surface area contributed by atoms with Gasteiger partial charge in [0.1, 0.15) is 16.9 Å². The Morgan fingerprint density at radius 2 is 1.85 bits per heavy atom. The van der Waals surface area contributed by atoms with Crippen molar-refractivity contribution in [3.8, 4) is 5.75 Å². The molecule has 2 atom stereocenters. The summed E-state index contributed by atoms with van der Waals surface area (Å²) in [5, 5.41) is 0.848. The monoisotopic (exact) mass is 509 g/mol. The standard InChI is InChI=1S/C25H29Cl2NO6/c1-25(2,3)34-24(30)28-11-12-32-22(16-9-10-19(26)20(27)13-16)17(14-28)15-33-21-8-6-5-7-18(21)23(29)31-4/h5-10,13,17,22H,11-12,14-15H2,1-4H3/t17-,22+/m1/s1. The minimum atomic E-state index is -0.626. The minimum Gasteiger partial charge on any atom is -0.492 e. The fourth-order valence-corrected chi connectivity index (χ4v) is 3.96. The number of carbonyl (C=O) groups is 2. The molecule has 0 radical (unpaired) electrons. The molecule has 9 heteroatoms. The maximum absolute atomic E-state index is 12.8. The van der Waals surface area contributed by atoms with Crippen LogP contribution in [0.5, 0.6) is 5.75 Å². The van der Waals surface area contributed by atoms with Gasteiger partial charge in [0.2, 0.25) is 0 Å². The highest BCUT2D eigenvalue weighted by molar-refractivity contribution is 6.42. The molecule has 1 aliphatic heterocycles. The van der Waals surface area contributed by atoms with Crippen LogP contribution in [0.1, 0.15) is 42.8 Å². The van der Waals surface area contributed by atoms with Crippen LogP contribution in [-0.2, 0) is 14.2 Å². The van der Waals surface area contributed by atoms with Gasteiger partial charge < -0.3 is 23.8 Å². The molecule has 1 saturated heterocycles. The zero-order chi connectivity index (χ0) is 24.9. The highest BCUT2D eigenvalue weighted by Gasteiger charge is 2.34. The first-order valence-electron chi connectivity index (χ1n) is 10.9. The van der Waals surface area contributed by atoms with Crippen LogP contribution in [0.25, 0.3) is 0 Å². The maximum Gasteiger partial charge on any atom is 0.410 e. The van der Waals surface area contributed by atoms with Gasteiger partial charge in [-0.1, -0.05) is 41.4 Å². The molecule has 0 unspecified atom stereocenters. The molecule has 1 amide bonds. The Balaban J connectivity index is 1.88. The molecule has 0 aliphatic carbocycles. The highest BCUT2D eigenvalue weighted by Crippen LogP contribution is 2.34. The van der Waals surface area contributed by atoms with Crippen molar-refractivity contribution in [2.45, 2.75) is 32.5 Å². The van der Waals surface area contributed by atoms with Gasteiger partial charge in [0.05, 0.1) is 36.5 Å². The van der Waals surface area contributed by atoms with Crippen molar-refractivity contribution in [2.24, 2.45) is 5.92 Å². The van der Waals surface area contributed by atoms with E-state index < -0.39 is 23.8 Å². The molecule has 0 spiro atoms. The Kier molecular flexibility index (Phi) is 8.68. The third-order valence-electron chi connectivity index (χ3n) is 5.21. The van der Waals surface area contributed by atoms with Gasteiger partial charge in [0.15, 0.2) is 0 Å². The van der Waals surface area contributed by atoms with Gasteiger partial charge in [-0.25, -0.2) is 9.59 Å². The topological polar surface area (TPSA) is 74.3 Å². The van der Waals surface area contributed by atoms with Crippen molar-refractivity contribution in [3.63, 3.8) is 0 Å². The normalized spacial score (nSPS) is 18.7. The van der Waals surface area contributed by atoms with E-state index in [2.05, 4.69) is 0 Å². The summed E-state index contributed by atoms with van der Waals surface area (Å²) in [4.78, 5) is 26.6. The Bertz CT molecular complexity index is 1020. The third kappa shape index (κ3) is 6.78. The molecule has 34 heavy (non-hydrogen) atoms. The lowest BCUT2D eigenvalue weighted by atomic mass is 9.95. The van der Waals surface area contributed by atoms with Crippen LogP contribution in [0, 0.1) is 5.92 Å². The van der Waals surface area contributed by atoms with Crippen molar-refractivity contribution in [3.05, 3.63) is 63.6 Å². The van der Waals surface area contributed by atoms with E-state index in [0.29, 0.717) is 41.1 Å². The number of para-hydroxylation sites is 1. The number of benzene rings is 2. The van der Waals surface area contributed by atoms with Gasteiger partial charge in [-0.05, 0) is 50.6 Å². The van der Waals surface area contributed by atoms with Gasteiger partial charge in [-0.15, -0.1) is 0 Å². The number of ether oxygens (including phenoxy) is 4. The van der Waals surface area contributed by atoms with E-state index in [1.54, 1.807) is 41.3 Å². The van der Waals surface area contributed by atoms with E-state index in [0.717, 1.165) is 5.56 Å². The van der Waals surface area contributed by atoms with E-state index in [1.165, 1.54) is 7.11 Å². The van der Waals surface area contributed by atoms with Crippen molar-refractivity contribution in [1.29, 1.82) is 0 Å². The number of esters is 1. The third-order valence-corrected chi connectivity index (χ3v) is 5.95. The van der Waals surface area contributed by atoms with Crippen molar-refractivity contribution in [2.75, 3.05) is 33.4 Å². The summed E-state index contributed by atoms with van der Waals surface area (Å²) >= 11 is 12.4. The quantitative estimate of drug-likeness (QED) is 0.475. The zero-order valence-electron chi connectivity index (χ0n) is 19.7. The maximum atomic E-state index is 12.8. The molecule has 184 valence electrons. The predicted molar refractivity (Wildman–Crippen MR) is 130 cm³/mol. The molecule has 1 aliphatic rings. The molecule has 2 aromatic carbocycles. The summed E-state index contributed by atoms with van der Waals surface area (Å²) < 4.78 is 22.7. The summed E-state index contributed by atoms with van der Waals surface area (Å²) in [6, 6.07) is 12.2. The molecule has 2 aromatic rings. The van der Waals surface area contributed by atoms with Crippen LogP contribution in [0.2, 0.25) is 10.0 Å². The fraction of sp³-hybridized carbons (Fsp3) is 0.440. The lowest BCUT2D eigenvalue weighted by Gasteiger charge is -2.30. The Morgan fingerprint density at radius 3 is 2.53 bits per heavy atom. The van der Waals surface area contributed by atoms with Crippen LogP contribution >= 0.6 is 23.2 Å². The molecular weight excluding hydrogens is 481 g/mol. The molecule has 7 nitrogen and oxygen atoms in total. The lowest BCUT2D eigenvalue weighted by molar-refractivity contribution is 0.0146. The smallest absolute Gasteiger partial charge is 0.410 e. The first kappa shape index (κ1) is 26.1. The first-order valence-corrected chi connectivity index (χ1v) is 11.7. The van der Waals surface area contributed by atoms with Crippen molar-refractivity contribution >= 4 is 35.3 Å². The molecule has 0 aromatic heterocycles. The molecule has 0 saturated carbocycles. The van der Waals surface area contributed by atoms with E-state index in [9.17, 15) is 9.59 Å². The van der Waals surface area contributed by atoms with Crippen LogP contribution < -0.4 is 4.74 Å². The van der Waals surface area contributed by atoms with Crippen LogP contribution in [-0.4, -0.2) is 56.0 Å². The summed E-state index contributed by atoms with van der Waals surface area (Å²) in [5.41, 5.74) is 0.503. The SMILES string of the molecule is COC(=O)c1ccccc1OC[C@H]1CN(C(=O)OC(C)(C)C)CCO[C@H]1c1ccc(Cl)c(Cl)c1. The van der Waals surface area contributed by atoms with Crippen LogP contribution in [0.15, 0.2) is 42.5 Å². The summed E-state index contributed by atoms with van der Waals surface area (Å²) in [7, 11) is 1.32. The second-order valence-corrected chi connectivity index (χ2v) is 9.76. The van der Waals surface area contributed by atoms with Gasteiger partial charge in [0, 0.05) is 19.0 Å². The van der Waals surface area contributed by atoms with E-state index in [4.69, 9.17) is 42.1 Å². The minimum absolute atomic E-state index is 0.165. The number of rotatable bonds is 5. The molecular formula is C25H29Cl2NO6. The number of carbonyl (C=O) groups excluding carboxylic acids is 2. The van der Waals surface area contributed by atoms with Crippen molar-refractivity contribution < 1.29 is 28.5 Å². The molecule has 0 N–H and O–H groups in total. The number of halogens is 2. The predicted octanol–water partition coefficient (Wildman–Crippen LogP) is 5.78. The first-order chi connectivity index (χ1) is 16.1. The number of amides is 1. The summed E-state index contributed by atoms with van der Waals surface area (Å²) in [5.74, 6) is -0.405. The lowest BCUT2D eigenvalue weighted by Crippen LogP contribution is -2.41. The Labute approximate surface area is 209 Å². The largest absolute Gasteiger partial charge is 0.492 e. The van der Waals surface area contributed by atoms with E-state index in [1.807, 2.05) is 26.8 Å². The van der Waals surface area contributed by atoms with Gasteiger partial charge in [-0.3, -0.25) is 0 Å². The fourth-order valence-electron chi connectivity index (χ4n) is 3.65. The summed E-state index contributed by atoms with van der Waals surface area (Å²) in [6.07, 6.45) is -0.849. The highest BCUT2D eigenvalue weighted by atomic mass is 35.5. The Hall–Kier alpha value is -2.48. The average Bonchev–Trinajstić information content (AvgIpc) is 3.01. The molecule has 1 fully saturated rings. The summed E-state index contributed by atoms with van der Waals surface area (Å²) in [6.45, 7) is 6.62. The second-order valence-electron chi connectivity index (χ2n) is 8.95. The van der Waals surface area contributed by atoms with Crippen LogP contribution in [0.4, 0.5) is 4.79 Å². The Morgan fingerprint density at radius 1 is 1.12 bits per heavy atom. The van der Waals surface area contributed by atoms with Gasteiger partial charge in [-0.2, -0.15) is 0 Å². The van der Waals surface area contributed by atoms with E-state index in [-0.39, 0.29) is 12.5 Å². The van der Waals surface area contributed by atoms with Crippen molar-refractivity contribution in [1.82, 2.24) is 4.90 Å². The molecule has 0 bridgehead atoms. The number of hydrogen-bond donors (Lipinski definition) is 0. The number of methoxy groups -OCH3 is 1. The zero-order valence-corrected chi connectivity index (χ0v) is 21.2. The average molecular weight is 510 g/mol.